The van der Waals surface area contributed by atoms with Crippen LogP contribution in [0.5, 0.6) is 0 Å². The number of hydrogen-bond acceptors (Lipinski definition) is 1. The first-order chi connectivity index (χ1) is 9.25. The van der Waals surface area contributed by atoms with Gasteiger partial charge >= 0.3 is 6.18 Å². The average molecular weight is 283 g/mol. The lowest BCUT2D eigenvalue weighted by atomic mass is 10.1. The average Bonchev–Trinajstić information content (AvgIpc) is 2.73. The van der Waals surface area contributed by atoms with E-state index < -0.39 is 12.3 Å². The van der Waals surface area contributed by atoms with Crippen molar-refractivity contribution >= 4 is 0 Å². The van der Waals surface area contributed by atoms with Crippen LogP contribution in [-0.2, 0) is 6.54 Å². The van der Waals surface area contributed by atoms with E-state index in [4.69, 9.17) is 0 Å². The van der Waals surface area contributed by atoms with Crippen molar-refractivity contribution in [3.63, 3.8) is 0 Å². The molecule has 0 amide bonds. The molecule has 1 atom stereocenters. The second-order valence-corrected chi connectivity index (χ2v) is 5.06. The minimum atomic E-state index is -4.63. The van der Waals surface area contributed by atoms with Gasteiger partial charge in [0.1, 0.15) is 0 Å². The molecule has 1 aromatic carbocycles. The fourth-order valence-electron chi connectivity index (χ4n) is 2.28. The second-order valence-electron chi connectivity index (χ2n) is 5.06. The normalized spacial score (nSPS) is 13.5. The van der Waals surface area contributed by atoms with Crippen LogP contribution in [0.25, 0.3) is 0 Å². The standard InChI is InChI=1S/C15H16F3NO/c1-10-5-11(2)7-12(6-10)8-19-4-3-13(9-19)14(20)15(16,17)18/h3-7,9,14,20H,8H2,1-2H3. The summed E-state index contributed by atoms with van der Waals surface area (Å²) in [5.74, 6) is 0. The smallest absolute Gasteiger partial charge is 0.379 e. The number of aliphatic hydroxyl groups excluding tert-OH is 1. The lowest BCUT2D eigenvalue weighted by Gasteiger charge is -2.12. The van der Waals surface area contributed by atoms with Crippen molar-refractivity contribution in [1.82, 2.24) is 4.57 Å². The molecule has 1 unspecified atom stereocenters. The minimum absolute atomic E-state index is 0.137. The maximum Gasteiger partial charge on any atom is 0.418 e. The third-order valence-corrected chi connectivity index (χ3v) is 3.05. The van der Waals surface area contributed by atoms with Gasteiger partial charge in [0.2, 0.25) is 0 Å². The topological polar surface area (TPSA) is 25.2 Å². The molecule has 0 aliphatic rings. The highest BCUT2D eigenvalue weighted by Crippen LogP contribution is 2.32. The predicted octanol–water partition coefficient (Wildman–Crippen LogP) is 3.75. The molecule has 0 aliphatic heterocycles. The van der Waals surface area contributed by atoms with E-state index in [0.717, 1.165) is 16.7 Å². The SMILES string of the molecule is Cc1cc(C)cc(Cn2ccc(C(O)C(F)(F)F)c2)c1. The van der Waals surface area contributed by atoms with E-state index in [-0.39, 0.29) is 5.56 Å². The third-order valence-electron chi connectivity index (χ3n) is 3.05. The number of aromatic nitrogens is 1. The van der Waals surface area contributed by atoms with Gasteiger partial charge in [-0.25, -0.2) is 0 Å². The largest absolute Gasteiger partial charge is 0.418 e. The molecule has 2 rings (SSSR count). The van der Waals surface area contributed by atoms with Gasteiger partial charge in [0.25, 0.3) is 0 Å². The van der Waals surface area contributed by atoms with Crippen LogP contribution in [0.1, 0.15) is 28.4 Å². The lowest BCUT2D eigenvalue weighted by molar-refractivity contribution is -0.206. The maximum atomic E-state index is 12.4. The van der Waals surface area contributed by atoms with Gasteiger partial charge in [0.15, 0.2) is 6.10 Å². The third kappa shape index (κ3) is 3.42. The monoisotopic (exact) mass is 283 g/mol. The summed E-state index contributed by atoms with van der Waals surface area (Å²) in [6.45, 7) is 4.43. The number of halogens is 3. The van der Waals surface area contributed by atoms with Gasteiger partial charge in [-0.1, -0.05) is 29.3 Å². The molecule has 1 aromatic heterocycles. The molecular formula is C15H16F3NO. The van der Waals surface area contributed by atoms with E-state index in [0.29, 0.717) is 6.54 Å². The Bertz CT molecular complexity index is 581. The van der Waals surface area contributed by atoms with Crippen molar-refractivity contribution in [3.8, 4) is 0 Å². The molecule has 1 heterocycles. The van der Waals surface area contributed by atoms with Gasteiger partial charge in [-0.3, -0.25) is 0 Å². The van der Waals surface area contributed by atoms with E-state index >= 15 is 0 Å². The van der Waals surface area contributed by atoms with Crippen molar-refractivity contribution < 1.29 is 18.3 Å². The van der Waals surface area contributed by atoms with Crippen LogP contribution in [0, 0.1) is 13.8 Å². The fourth-order valence-corrected chi connectivity index (χ4v) is 2.28. The molecule has 0 saturated heterocycles. The van der Waals surface area contributed by atoms with Crippen LogP contribution in [0.2, 0.25) is 0 Å². The first-order valence-electron chi connectivity index (χ1n) is 6.23. The number of benzene rings is 1. The Labute approximate surface area is 115 Å². The highest BCUT2D eigenvalue weighted by atomic mass is 19.4. The Morgan fingerprint density at radius 3 is 2.30 bits per heavy atom. The van der Waals surface area contributed by atoms with Crippen LogP contribution >= 0.6 is 0 Å². The molecule has 108 valence electrons. The number of hydrogen-bond donors (Lipinski definition) is 1. The zero-order chi connectivity index (χ0) is 14.9. The molecular weight excluding hydrogens is 267 g/mol. The van der Waals surface area contributed by atoms with E-state index in [1.807, 2.05) is 32.0 Å². The van der Waals surface area contributed by atoms with Crippen LogP contribution in [0.3, 0.4) is 0 Å². The highest BCUT2D eigenvalue weighted by Gasteiger charge is 2.39. The van der Waals surface area contributed by atoms with E-state index in [2.05, 4.69) is 0 Å². The summed E-state index contributed by atoms with van der Waals surface area (Å²) in [4.78, 5) is 0. The Morgan fingerprint density at radius 1 is 1.15 bits per heavy atom. The molecule has 0 radical (unpaired) electrons. The summed E-state index contributed by atoms with van der Waals surface area (Å²) in [6, 6.07) is 7.32. The molecule has 2 aromatic rings. The molecule has 0 spiro atoms. The zero-order valence-electron chi connectivity index (χ0n) is 11.3. The molecule has 20 heavy (non-hydrogen) atoms. The number of nitrogens with zero attached hydrogens (tertiary/aromatic N) is 1. The Kier molecular flexibility index (Phi) is 3.90. The van der Waals surface area contributed by atoms with Crippen molar-refractivity contribution in [1.29, 1.82) is 0 Å². The number of alkyl halides is 3. The molecule has 2 nitrogen and oxygen atoms in total. The van der Waals surface area contributed by atoms with Gasteiger partial charge < -0.3 is 9.67 Å². The maximum absolute atomic E-state index is 12.4. The van der Waals surface area contributed by atoms with E-state index in [9.17, 15) is 18.3 Å². The van der Waals surface area contributed by atoms with Crippen LogP contribution in [0.15, 0.2) is 36.7 Å². The van der Waals surface area contributed by atoms with Crippen LogP contribution < -0.4 is 0 Å². The van der Waals surface area contributed by atoms with E-state index in [1.54, 1.807) is 10.8 Å². The number of aliphatic hydroxyl groups is 1. The molecule has 0 bridgehead atoms. The summed E-state index contributed by atoms with van der Waals surface area (Å²) in [6.07, 6.45) is -4.19. The van der Waals surface area contributed by atoms with Crippen molar-refractivity contribution in [2.45, 2.75) is 32.7 Å². The predicted molar refractivity (Wildman–Crippen MR) is 70.5 cm³/mol. The quantitative estimate of drug-likeness (QED) is 0.912. The first kappa shape index (κ1) is 14.7. The fraction of sp³-hybridized carbons (Fsp3) is 0.333. The Balaban J connectivity index is 2.17. The highest BCUT2D eigenvalue weighted by molar-refractivity contribution is 5.29. The molecule has 0 fully saturated rings. The summed E-state index contributed by atoms with van der Waals surface area (Å²) in [7, 11) is 0. The number of aryl methyl sites for hydroxylation is 2. The van der Waals surface area contributed by atoms with Crippen molar-refractivity contribution in [2.75, 3.05) is 0 Å². The Hall–Kier alpha value is -1.75. The number of rotatable bonds is 3. The Morgan fingerprint density at radius 2 is 1.75 bits per heavy atom. The van der Waals surface area contributed by atoms with Gasteiger partial charge in [-0.05, 0) is 25.5 Å². The molecule has 1 N–H and O–H groups in total. The van der Waals surface area contributed by atoms with Gasteiger partial charge in [0.05, 0.1) is 0 Å². The summed E-state index contributed by atoms with van der Waals surface area (Å²) >= 11 is 0. The van der Waals surface area contributed by atoms with E-state index in [1.165, 1.54) is 12.3 Å². The van der Waals surface area contributed by atoms with Crippen LogP contribution in [-0.4, -0.2) is 15.8 Å². The first-order valence-corrected chi connectivity index (χ1v) is 6.23. The zero-order valence-corrected chi connectivity index (χ0v) is 11.3. The van der Waals surface area contributed by atoms with Crippen molar-refractivity contribution in [2.24, 2.45) is 0 Å². The lowest BCUT2D eigenvalue weighted by Crippen LogP contribution is -2.19. The van der Waals surface area contributed by atoms with Gasteiger partial charge in [-0.2, -0.15) is 13.2 Å². The molecule has 0 saturated carbocycles. The summed E-state index contributed by atoms with van der Waals surface area (Å²) in [5.41, 5.74) is 3.11. The summed E-state index contributed by atoms with van der Waals surface area (Å²) < 4.78 is 38.9. The van der Waals surface area contributed by atoms with Gasteiger partial charge in [-0.15, -0.1) is 0 Å². The van der Waals surface area contributed by atoms with Crippen LogP contribution in [0.4, 0.5) is 13.2 Å². The summed E-state index contributed by atoms with van der Waals surface area (Å²) in [5, 5.41) is 9.19. The second kappa shape index (κ2) is 5.32. The van der Waals surface area contributed by atoms with Gasteiger partial charge in [0, 0.05) is 24.5 Å². The van der Waals surface area contributed by atoms with Crippen molar-refractivity contribution in [3.05, 3.63) is 58.9 Å². The molecule has 5 heteroatoms. The molecule has 0 aliphatic carbocycles. The minimum Gasteiger partial charge on any atom is -0.379 e.